The molecule has 0 atom stereocenters. The van der Waals surface area contributed by atoms with Gasteiger partial charge in [-0.25, -0.2) is 9.59 Å². The third kappa shape index (κ3) is 4.91. The van der Waals surface area contributed by atoms with Crippen molar-refractivity contribution in [3.63, 3.8) is 0 Å². The number of hydrogen-bond donors (Lipinski definition) is 3. The van der Waals surface area contributed by atoms with Crippen molar-refractivity contribution in [3.8, 4) is 5.75 Å². The summed E-state index contributed by atoms with van der Waals surface area (Å²) in [6.45, 7) is 4.72. The fourth-order valence-corrected chi connectivity index (χ4v) is 3.01. The van der Waals surface area contributed by atoms with E-state index in [2.05, 4.69) is 10.6 Å². The first-order valence-corrected chi connectivity index (χ1v) is 8.85. The van der Waals surface area contributed by atoms with Crippen molar-refractivity contribution in [1.82, 2.24) is 4.90 Å². The minimum absolute atomic E-state index is 0.0571. The van der Waals surface area contributed by atoms with Crippen LogP contribution in [0.1, 0.15) is 25.0 Å². The number of fused-ring (bicyclic) bond motifs is 1. The average Bonchev–Trinajstić information content (AvgIpc) is 2.60. The predicted octanol–water partition coefficient (Wildman–Crippen LogP) is 4.15. The maximum atomic E-state index is 12.3. The zero-order chi connectivity index (χ0) is 19.4. The summed E-state index contributed by atoms with van der Waals surface area (Å²) in [5.74, 6) is 0.694. The Hall–Kier alpha value is -3.22. The molecule has 0 spiro atoms. The van der Waals surface area contributed by atoms with Gasteiger partial charge in [0.2, 0.25) is 0 Å². The van der Waals surface area contributed by atoms with Crippen LogP contribution in [0.5, 0.6) is 5.75 Å². The Morgan fingerprint density at radius 3 is 2.52 bits per heavy atom. The molecule has 2 aromatic carbocycles. The Balaban J connectivity index is 1.63. The number of nitrogens with zero attached hydrogens (tertiary/aromatic N) is 1. The molecular weight excluding hydrogens is 346 g/mol. The Morgan fingerprint density at radius 1 is 1.07 bits per heavy atom. The van der Waals surface area contributed by atoms with Gasteiger partial charge in [0.25, 0.3) is 0 Å². The van der Waals surface area contributed by atoms with E-state index in [0.717, 1.165) is 11.1 Å². The van der Waals surface area contributed by atoms with E-state index in [1.807, 2.05) is 38.1 Å². The van der Waals surface area contributed by atoms with Crippen molar-refractivity contribution in [1.29, 1.82) is 0 Å². The van der Waals surface area contributed by atoms with Crippen LogP contribution in [0.15, 0.2) is 42.5 Å². The monoisotopic (exact) mass is 369 g/mol. The fourth-order valence-electron chi connectivity index (χ4n) is 3.01. The van der Waals surface area contributed by atoms with Gasteiger partial charge in [0.15, 0.2) is 0 Å². The smallest absolute Gasteiger partial charge is 0.407 e. The highest BCUT2D eigenvalue weighted by Gasteiger charge is 2.20. The summed E-state index contributed by atoms with van der Waals surface area (Å²) in [7, 11) is 0. The van der Waals surface area contributed by atoms with E-state index in [9.17, 15) is 9.59 Å². The lowest BCUT2D eigenvalue weighted by molar-refractivity contribution is 0.140. The molecule has 0 saturated heterocycles. The molecule has 0 aromatic heterocycles. The quantitative estimate of drug-likeness (QED) is 0.755. The molecular formula is C20H23N3O4. The summed E-state index contributed by atoms with van der Waals surface area (Å²) >= 11 is 0. The molecule has 3 amide bonds. The van der Waals surface area contributed by atoms with Crippen molar-refractivity contribution in [2.75, 3.05) is 17.2 Å². The van der Waals surface area contributed by atoms with Gasteiger partial charge < -0.3 is 25.4 Å². The van der Waals surface area contributed by atoms with Crippen LogP contribution in [0.25, 0.3) is 0 Å². The fraction of sp³-hybridized carbons (Fsp3) is 0.300. The molecule has 2 aromatic rings. The molecule has 0 aliphatic carbocycles. The lowest BCUT2D eigenvalue weighted by Gasteiger charge is -2.26. The molecule has 1 aliphatic rings. The number of carboxylic acid groups (broad SMARTS) is 1. The van der Waals surface area contributed by atoms with Gasteiger partial charge in [-0.1, -0.05) is 12.1 Å². The minimum atomic E-state index is -0.911. The molecule has 27 heavy (non-hydrogen) atoms. The zero-order valence-corrected chi connectivity index (χ0v) is 15.4. The zero-order valence-electron chi connectivity index (χ0n) is 15.4. The van der Waals surface area contributed by atoms with Crippen LogP contribution >= 0.6 is 0 Å². The van der Waals surface area contributed by atoms with E-state index in [1.165, 1.54) is 4.90 Å². The molecule has 3 N–H and O–H groups in total. The largest absolute Gasteiger partial charge is 0.491 e. The molecule has 3 rings (SSSR count). The molecule has 0 saturated carbocycles. The highest BCUT2D eigenvalue weighted by Crippen LogP contribution is 2.23. The molecule has 1 aliphatic heterocycles. The number of nitrogens with one attached hydrogen (secondary N) is 2. The van der Waals surface area contributed by atoms with Gasteiger partial charge in [0, 0.05) is 30.5 Å². The van der Waals surface area contributed by atoms with Crippen molar-refractivity contribution >= 4 is 23.5 Å². The molecule has 0 bridgehead atoms. The van der Waals surface area contributed by atoms with Crippen LogP contribution in [0, 0.1) is 0 Å². The van der Waals surface area contributed by atoms with Gasteiger partial charge in [0.1, 0.15) is 5.75 Å². The lowest BCUT2D eigenvalue weighted by atomic mass is 9.99. The van der Waals surface area contributed by atoms with E-state index < -0.39 is 6.09 Å². The molecule has 0 fully saturated rings. The number of urea groups is 1. The summed E-state index contributed by atoms with van der Waals surface area (Å²) in [5.41, 5.74) is 3.33. The Morgan fingerprint density at radius 2 is 1.81 bits per heavy atom. The molecule has 7 nitrogen and oxygen atoms in total. The SMILES string of the molecule is CC(C)Oc1cccc(NC(=O)Nc2ccc3c(c2)CCN(C(=O)O)C3)c1. The maximum Gasteiger partial charge on any atom is 0.407 e. The first-order chi connectivity index (χ1) is 12.9. The van der Waals surface area contributed by atoms with E-state index in [1.54, 1.807) is 18.2 Å². The highest BCUT2D eigenvalue weighted by atomic mass is 16.5. The number of rotatable bonds is 4. The number of amides is 3. The maximum absolute atomic E-state index is 12.3. The van der Waals surface area contributed by atoms with Gasteiger partial charge in [-0.15, -0.1) is 0 Å². The second kappa shape index (κ2) is 7.99. The second-order valence-electron chi connectivity index (χ2n) is 6.71. The number of carbonyl (C=O) groups is 2. The topological polar surface area (TPSA) is 90.9 Å². The van der Waals surface area contributed by atoms with Crippen LogP contribution in [0.3, 0.4) is 0 Å². The van der Waals surface area contributed by atoms with Crippen molar-refractivity contribution in [2.45, 2.75) is 32.9 Å². The Bertz CT molecular complexity index is 851. The van der Waals surface area contributed by atoms with Gasteiger partial charge in [-0.2, -0.15) is 0 Å². The Labute approximate surface area is 157 Å². The van der Waals surface area contributed by atoms with E-state index in [0.29, 0.717) is 36.6 Å². The minimum Gasteiger partial charge on any atom is -0.491 e. The number of ether oxygens (including phenoxy) is 1. The molecule has 0 unspecified atom stereocenters. The summed E-state index contributed by atoms with van der Waals surface area (Å²) < 4.78 is 5.62. The molecule has 7 heteroatoms. The van der Waals surface area contributed by atoms with Gasteiger partial charge in [-0.05, 0) is 55.7 Å². The van der Waals surface area contributed by atoms with Gasteiger partial charge in [-0.3, -0.25) is 0 Å². The standard InChI is InChI=1S/C20H23N3O4/c1-13(2)27-18-5-3-4-16(11-18)21-19(24)22-17-7-6-15-12-23(20(25)26)9-8-14(15)10-17/h3-7,10-11,13H,8-9,12H2,1-2H3,(H,25,26)(H2,21,22,24). The first kappa shape index (κ1) is 18.6. The number of anilines is 2. The summed E-state index contributed by atoms with van der Waals surface area (Å²) in [4.78, 5) is 24.7. The van der Waals surface area contributed by atoms with Crippen LogP contribution in [0.4, 0.5) is 21.0 Å². The van der Waals surface area contributed by atoms with Gasteiger partial charge >= 0.3 is 12.1 Å². The first-order valence-electron chi connectivity index (χ1n) is 8.85. The summed E-state index contributed by atoms with van der Waals surface area (Å²) in [6.07, 6.45) is -0.222. The number of benzene rings is 2. The van der Waals surface area contributed by atoms with Crippen LogP contribution in [-0.2, 0) is 13.0 Å². The van der Waals surface area contributed by atoms with Crippen molar-refractivity contribution in [3.05, 3.63) is 53.6 Å². The summed E-state index contributed by atoms with van der Waals surface area (Å²) in [6, 6.07) is 12.4. The average molecular weight is 369 g/mol. The third-order valence-electron chi connectivity index (χ3n) is 4.21. The number of hydrogen-bond acceptors (Lipinski definition) is 3. The van der Waals surface area contributed by atoms with E-state index in [4.69, 9.17) is 9.84 Å². The second-order valence-corrected chi connectivity index (χ2v) is 6.71. The van der Waals surface area contributed by atoms with E-state index in [-0.39, 0.29) is 12.1 Å². The Kier molecular flexibility index (Phi) is 5.49. The van der Waals surface area contributed by atoms with Crippen LogP contribution in [-0.4, -0.2) is 34.8 Å². The molecule has 142 valence electrons. The predicted molar refractivity (Wildman–Crippen MR) is 103 cm³/mol. The highest BCUT2D eigenvalue weighted by molar-refractivity contribution is 5.99. The van der Waals surface area contributed by atoms with E-state index >= 15 is 0 Å². The lowest BCUT2D eigenvalue weighted by Crippen LogP contribution is -2.34. The summed E-state index contributed by atoms with van der Waals surface area (Å²) in [5, 5.41) is 14.7. The van der Waals surface area contributed by atoms with Crippen molar-refractivity contribution < 1.29 is 19.4 Å². The van der Waals surface area contributed by atoms with Gasteiger partial charge in [0.05, 0.1) is 6.10 Å². The van der Waals surface area contributed by atoms with Crippen molar-refractivity contribution in [2.24, 2.45) is 0 Å². The molecule has 0 radical (unpaired) electrons. The van der Waals surface area contributed by atoms with Crippen LogP contribution in [0.2, 0.25) is 0 Å². The third-order valence-corrected chi connectivity index (χ3v) is 4.21. The number of carbonyl (C=O) groups excluding carboxylic acids is 1. The normalized spacial score (nSPS) is 13.1. The van der Waals surface area contributed by atoms with Crippen LogP contribution < -0.4 is 15.4 Å². The molecule has 1 heterocycles.